The molecule has 0 atom stereocenters. The van der Waals surface area contributed by atoms with Crippen LogP contribution >= 0.6 is 11.6 Å². The zero-order chi connectivity index (χ0) is 11.4. The van der Waals surface area contributed by atoms with Crippen LogP contribution in [0.3, 0.4) is 0 Å². The fourth-order valence-electron chi connectivity index (χ4n) is 1.69. The lowest BCUT2D eigenvalue weighted by molar-refractivity contribution is 0.835. The van der Waals surface area contributed by atoms with Crippen molar-refractivity contribution in [2.45, 2.75) is 19.8 Å². The summed E-state index contributed by atoms with van der Waals surface area (Å²) in [5.74, 6) is 0. The summed E-state index contributed by atoms with van der Waals surface area (Å²) < 4.78 is 0. The molecule has 1 aromatic carbocycles. The monoisotopic (exact) mass is 234 g/mol. The number of hydrogen-bond acceptors (Lipinski definition) is 2. The Morgan fingerprint density at radius 3 is 3.06 bits per heavy atom. The molecule has 0 spiro atoms. The number of rotatable bonds is 4. The van der Waals surface area contributed by atoms with Crippen molar-refractivity contribution in [3.63, 3.8) is 0 Å². The van der Waals surface area contributed by atoms with Crippen LogP contribution in [0.5, 0.6) is 0 Å². The summed E-state index contributed by atoms with van der Waals surface area (Å²) in [6.45, 7) is 3.14. The molecule has 1 N–H and O–H groups in total. The fourth-order valence-corrected chi connectivity index (χ4v) is 1.92. The summed E-state index contributed by atoms with van der Waals surface area (Å²) in [6, 6.07) is 7.83. The van der Waals surface area contributed by atoms with E-state index in [2.05, 4.69) is 17.2 Å². The van der Waals surface area contributed by atoms with Crippen molar-refractivity contribution >= 4 is 28.2 Å². The lowest BCUT2D eigenvalue weighted by Crippen LogP contribution is -2.01. The van der Waals surface area contributed by atoms with Gasteiger partial charge in [0.1, 0.15) is 0 Å². The van der Waals surface area contributed by atoms with Gasteiger partial charge in [-0.3, -0.25) is 4.98 Å². The van der Waals surface area contributed by atoms with Gasteiger partial charge in [0.2, 0.25) is 0 Å². The third-order valence-corrected chi connectivity index (χ3v) is 2.73. The molecule has 3 heteroatoms. The SMILES string of the molecule is CCCCNc1cc(Cl)cc2cccnc12. The molecule has 2 rings (SSSR count). The number of fused-ring (bicyclic) bond motifs is 1. The van der Waals surface area contributed by atoms with E-state index in [1.165, 1.54) is 6.42 Å². The Morgan fingerprint density at radius 1 is 1.38 bits per heavy atom. The molecule has 0 aliphatic carbocycles. The molecule has 0 radical (unpaired) electrons. The molecular formula is C13H15ClN2. The number of anilines is 1. The number of halogens is 1. The molecule has 0 amide bonds. The Morgan fingerprint density at radius 2 is 2.25 bits per heavy atom. The topological polar surface area (TPSA) is 24.9 Å². The summed E-state index contributed by atoms with van der Waals surface area (Å²) in [6.07, 6.45) is 4.14. The molecule has 0 saturated carbocycles. The third-order valence-electron chi connectivity index (χ3n) is 2.52. The first-order valence-corrected chi connectivity index (χ1v) is 5.97. The highest BCUT2D eigenvalue weighted by molar-refractivity contribution is 6.31. The van der Waals surface area contributed by atoms with Crippen LogP contribution in [0.4, 0.5) is 5.69 Å². The molecule has 1 heterocycles. The molecule has 0 saturated heterocycles. The predicted molar refractivity (Wildman–Crippen MR) is 70.2 cm³/mol. The van der Waals surface area contributed by atoms with E-state index in [1.807, 2.05) is 24.3 Å². The van der Waals surface area contributed by atoms with Crippen molar-refractivity contribution in [3.8, 4) is 0 Å². The van der Waals surface area contributed by atoms with Crippen molar-refractivity contribution in [3.05, 3.63) is 35.5 Å². The molecule has 0 unspecified atom stereocenters. The number of nitrogens with one attached hydrogen (secondary N) is 1. The number of hydrogen-bond donors (Lipinski definition) is 1. The van der Waals surface area contributed by atoms with Gasteiger partial charge < -0.3 is 5.32 Å². The minimum absolute atomic E-state index is 0.750. The van der Waals surface area contributed by atoms with Crippen LogP contribution in [0, 0.1) is 0 Å². The maximum absolute atomic E-state index is 6.07. The lowest BCUT2D eigenvalue weighted by atomic mass is 10.2. The van der Waals surface area contributed by atoms with Gasteiger partial charge in [0.05, 0.1) is 11.2 Å². The van der Waals surface area contributed by atoms with E-state index in [-0.39, 0.29) is 0 Å². The summed E-state index contributed by atoms with van der Waals surface area (Å²) in [5, 5.41) is 5.21. The number of unbranched alkanes of at least 4 members (excludes halogenated alkanes) is 1. The molecule has 0 aliphatic heterocycles. The molecule has 1 aromatic heterocycles. The third kappa shape index (κ3) is 2.45. The van der Waals surface area contributed by atoms with E-state index >= 15 is 0 Å². The van der Waals surface area contributed by atoms with Crippen molar-refractivity contribution in [1.29, 1.82) is 0 Å². The van der Waals surface area contributed by atoms with Crippen molar-refractivity contribution < 1.29 is 0 Å². The number of pyridine rings is 1. The van der Waals surface area contributed by atoms with E-state index < -0.39 is 0 Å². The molecule has 0 bridgehead atoms. The second kappa shape index (κ2) is 5.17. The van der Waals surface area contributed by atoms with Gasteiger partial charge in [-0.05, 0) is 24.6 Å². The molecule has 2 nitrogen and oxygen atoms in total. The maximum atomic E-state index is 6.07. The summed E-state index contributed by atoms with van der Waals surface area (Å²) >= 11 is 6.07. The normalized spacial score (nSPS) is 10.6. The van der Waals surface area contributed by atoms with E-state index in [1.54, 1.807) is 6.20 Å². The molecule has 84 valence electrons. The van der Waals surface area contributed by atoms with E-state index in [0.29, 0.717) is 0 Å². The Balaban J connectivity index is 2.34. The summed E-state index contributed by atoms with van der Waals surface area (Å²) in [7, 11) is 0. The largest absolute Gasteiger partial charge is 0.383 e. The molecule has 0 aliphatic rings. The van der Waals surface area contributed by atoms with Crippen LogP contribution in [0.1, 0.15) is 19.8 Å². The first kappa shape index (κ1) is 11.2. The standard InChI is InChI=1S/C13H15ClN2/c1-2-3-6-15-12-9-11(14)8-10-5-4-7-16-13(10)12/h4-5,7-9,15H,2-3,6H2,1H3. The average Bonchev–Trinajstić information content (AvgIpc) is 2.29. The van der Waals surface area contributed by atoms with Crippen molar-refractivity contribution in [2.24, 2.45) is 0 Å². The van der Waals surface area contributed by atoms with Gasteiger partial charge in [-0.1, -0.05) is 31.0 Å². The van der Waals surface area contributed by atoms with Gasteiger partial charge >= 0.3 is 0 Å². The highest BCUT2D eigenvalue weighted by atomic mass is 35.5. The number of nitrogens with zero attached hydrogens (tertiary/aromatic N) is 1. The lowest BCUT2D eigenvalue weighted by Gasteiger charge is -2.09. The van der Waals surface area contributed by atoms with Gasteiger partial charge in [0.25, 0.3) is 0 Å². The highest BCUT2D eigenvalue weighted by Gasteiger charge is 2.03. The second-order valence-electron chi connectivity index (χ2n) is 3.81. The van der Waals surface area contributed by atoms with Crippen LogP contribution in [0.25, 0.3) is 10.9 Å². The summed E-state index contributed by atoms with van der Waals surface area (Å²) in [4.78, 5) is 4.38. The smallest absolute Gasteiger partial charge is 0.0934 e. The predicted octanol–water partition coefficient (Wildman–Crippen LogP) is 4.10. The zero-order valence-electron chi connectivity index (χ0n) is 9.33. The van der Waals surface area contributed by atoms with Gasteiger partial charge in [0.15, 0.2) is 0 Å². The second-order valence-corrected chi connectivity index (χ2v) is 4.25. The zero-order valence-corrected chi connectivity index (χ0v) is 10.1. The maximum Gasteiger partial charge on any atom is 0.0934 e. The average molecular weight is 235 g/mol. The quantitative estimate of drug-likeness (QED) is 0.806. The minimum atomic E-state index is 0.750. The Kier molecular flexibility index (Phi) is 3.62. The van der Waals surface area contributed by atoms with Crippen LogP contribution in [0.15, 0.2) is 30.5 Å². The van der Waals surface area contributed by atoms with Crippen molar-refractivity contribution in [2.75, 3.05) is 11.9 Å². The minimum Gasteiger partial charge on any atom is -0.383 e. The van der Waals surface area contributed by atoms with Gasteiger partial charge in [-0.25, -0.2) is 0 Å². The Labute approximate surface area is 101 Å². The first-order chi connectivity index (χ1) is 7.81. The number of aromatic nitrogens is 1. The fraction of sp³-hybridized carbons (Fsp3) is 0.308. The van der Waals surface area contributed by atoms with Crippen LogP contribution in [0.2, 0.25) is 5.02 Å². The molecule has 0 fully saturated rings. The van der Waals surface area contributed by atoms with E-state index in [9.17, 15) is 0 Å². The Bertz CT molecular complexity index is 482. The molecular weight excluding hydrogens is 220 g/mol. The van der Waals surface area contributed by atoms with Crippen LogP contribution in [-0.4, -0.2) is 11.5 Å². The van der Waals surface area contributed by atoms with Gasteiger partial charge in [-0.15, -0.1) is 0 Å². The van der Waals surface area contributed by atoms with Gasteiger partial charge in [-0.2, -0.15) is 0 Å². The number of benzene rings is 1. The molecule has 2 aromatic rings. The van der Waals surface area contributed by atoms with Gasteiger partial charge in [0, 0.05) is 23.2 Å². The van der Waals surface area contributed by atoms with Crippen molar-refractivity contribution in [1.82, 2.24) is 4.98 Å². The van der Waals surface area contributed by atoms with Crippen LogP contribution in [-0.2, 0) is 0 Å². The van der Waals surface area contributed by atoms with Crippen LogP contribution < -0.4 is 5.32 Å². The highest BCUT2D eigenvalue weighted by Crippen LogP contribution is 2.26. The van der Waals surface area contributed by atoms with E-state index in [0.717, 1.165) is 34.6 Å². The summed E-state index contributed by atoms with van der Waals surface area (Å²) in [5.41, 5.74) is 2.01. The first-order valence-electron chi connectivity index (χ1n) is 5.59. The molecule has 16 heavy (non-hydrogen) atoms. The Hall–Kier alpha value is -1.28. The van der Waals surface area contributed by atoms with E-state index in [4.69, 9.17) is 11.6 Å².